The minimum Gasteiger partial charge on any atom is -0.469 e. The van der Waals surface area contributed by atoms with Crippen LogP contribution in [0, 0.1) is 5.41 Å². The van der Waals surface area contributed by atoms with E-state index in [0.29, 0.717) is 12.6 Å². The first-order valence-corrected chi connectivity index (χ1v) is 8.46. The molecule has 24 heavy (non-hydrogen) atoms. The van der Waals surface area contributed by atoms with E-state index in [0.717, 1.165) is 31.1 Å². The molecule has 0 radical (unpaired) electrons. The van der Waals surface area contributed by atoms with Gasteiger partial charge in [0.15, 0.2) is 5.96 Å². The third kappa shape index (κ3) is 8.92. The van der Waals surface area contributed by atoms with Gasteiger partial charge in [0.1, 0.15) is 5.76 Å². The normalized spacial score (nSPS) is 14.7. The van der Waals surface area contributed by atoms with E-state index in [1.54, 1.807) is 13.4 Å². The molecule has 5 nitrogen and oxygen atoms in total. The van der Waals surface area contributed by atoms with Crippen LogP contribution in [-0.4, -0.2) is 38.3 Å². The maximum atomic E-state index is 5.58. The molecule has 0 aromatic carbocycles. The van der Waals surface area contributed by atoms with Crippen molar-refractivity contribution >= 4 is 29.9 Å². The number of methoxy groups -OCH3 is 1. The first-order chi connectivity index (χ1) is 10.9. The molecule has 0 fully saturated rings. The third-order valence-corrected chi connectivity index (χ3v) is 3.91. The first kappa shape index (κ1) is 23.2. The Morgan fingerprint density at radius 3 is 2.58 bits per heavy atom. The molecule has 1 aromatic rings. The van der Waals surface area contributed by atoms with Gasteiger partial charge < -0.3 is 19.8 Å². The minimum atomic E-state index is 0. The molecule has 1 heterocycles. The summed E-state index contributed by atoms with van der Waals surface area (Å²) < 4.78 is 10.9. The Morgan fingerprint density at radius 1 is 1.38 bits per heavy atom. The Labute approximate surface area is 164 Å². The second kappa shape index (κ2) is 11.7. The van der Waals surface area contributed by atoms with Gasteiger partial charge in [-0.3, -0.25) is 4.99 Å². The van der Waals surface area contributed by atoms with Crippen LogP contribution in [0.2, 0.25) is 0 Å². The zero-order chi connectivity index (χ0) is 17.3. The molecule has 0 saturated heterocycles. The highest BCUT2D eigenvalue weighted by Crippen LogP contribution is 2.21. The Morgan fingerprint density at radius 2 is 2.08 bits per heavy atom. The topological polar surface area (TPSA) is 58.8 Å². The van der Waals surface area contributed by atoms with Crippen LogP contribution in [0.4, 0.5) is 0 Å². The minimum absolute atomic E-state index is 0. The van der Waals surface area contributed by atoms with Gasteiger partial charge in [-0.05, 0) is 30.9 Å². The highest BCUT2D eigenvalue weighted by molar-refractivity contribution is 14.0. The van der Waals surface area contributed by atoms with Gasteiger partial charge in [0, 0.05) is 26.1 Å². The molecule has 6 heteroatoms. The Balaban J connectivity index is 0.00000529. The number of aliphatic imine (C=N–C) groups is 1. The van der Waals surface area contributed by atoms with E-state index in [2.05, 4.69) is 45.3 Å². The summed E-state index contributed by atoms with van der Waals surface area (Å²) in [6.45, 7) is 12.2. The average molecular weight is 451 g/mol. The smallest absolute Gasteiger partial charge is 0.191 e. The largest absolute Gasteiger partial charge is 0.469 e. The second-order valence-electron chi connectivity index (χ2n) is 6.99. The molecule has 0 aliphatic rings. The number of guanidine groups is 1. The molecule has 2 unspecified atom stereocenters. The van der Waals surface area contributed by atoms with E-state index in [1.807, 2.05) is 12.1 Å². The third-order valence-electron chi connectivity index (χ3n) is 3.91. The molecule has 2 atom stereocenters. The van der Waals surface area contributed by atoms with Crippen LogP contribution >= 0.6 is 24.0 Å². The lowest BCUT2D eigenvalue weighted by Gasteiger charge is -2.28. The van der Waals surface area contributed by atoms with Crippen LogP contribution in [0.5, 0.6) is 0 Å². The zero-order valence-electron chi connectivity index (χ0n) is 15.9. The van der Waals surface area contributed by atoms with Gasteiger partial charge in [-0.15, -0.1) is 24.0 Å². The molecule has 0 bridgehead atoms. The fourth-order valence-electron chi connectivity index (χ4n) is 2.12. The molecule has 1 rings (SSSR count). The molecule has 0 aliphatic carbocycles. The molecule has 2 N–H and O–H groups in total. The van der Waals surface area contributed by atoms with Crippen molar-refractivity contribution in [1.29, 1.82) is 0 Å². The van der Waals surface area contributed by atoms with Crippen LogP contribution in [0.1, 0.15) is 46.8 Å². The summed E-state index contributed by atoms with van der Waals surface area (Å²) in [5.74, 6) is 1.81. The van der Waals surface area contributed by atoms with Crippen molar-refractivity contribution in [1.82, 2.24) is 10.6 Å². The highest BCUT2D eigenvalue weighted by atomic mass is 127. The van der Waals surface area contributed by atoms with Crippen LogP contribution in [-0.2, 0) is 11.2 Å². The van der Waals surface area contributed by atoms with E-state index >= 15 is 0 Å². The van der Waals surface area contributed by atoms with Crippen molar-refractivity contribution in [3.63, 3.8) is 0 Å². The number of furan rings is 1. The fraction of sp³-hybridized carbons (Fsp3) is 0.722. The lowest BCUT2D eigenvalue weighted by atomic mass is 9.89. The predicted molar refractivity (Wildman–Crippen MR) is 111 cm³/mol. The number of halogens is 1. The molecule has 0 amide bonds. The lowest BCUT2D eigenvalue weighted by Crippen LogP contribution is -2.43. The van der Waals surface area contributed by atoms with Gasteiger partial charge in [-0.25, -0.2) is 0 Å². The standard InChI is InChI=1S/C18H33N3O2.HI/c1-7-14(2)21-17(19-11-10-15-9-8-12-23-15)20-13-16(22-6)18(3,4)5;/h8-9,12,14,16H,7,10-11,13H2,1-6H3,(H2,19,20,21);1H. The number of rotatable bonds is 8. The number of ether oxygens (including phenoxy) is 1. The molecular formula is C18H34IN3O2. The molecule has 0 aliphatic heterocycles. The molecule has 1 aromatic heterocycles. The highest BCUT2D eigenvalue weighted by Gasteiger charge is 2.24. The maximum Gasteiger partial charge on any atom is 0.191 e. The summed E-state index contributed by atoms with van der Waals surface area (Å²) in [5, 5.41) is 6.81. The van der Waals surface area contributed by atoms with E-state index in [-0.39, 0.29) is 35.5 Å². The zero-order valence-corrected chi connectivity index (χ0v) is 18.2. The van der Waals surface area contributed by atoms with E-state index in [9.17, 15) is 0 Å². The Hall–Kier alpha value is -0.760. The summed E-state index contributed by atoms with van der Waals surface area (Å²) >= 11 is 0. The Kier molecular flexibility index (Phi) is 11.4. The second-order valence-corrected chi connectivity index (χ2v) is 6.99. The number of hydrogen-bond acceptors (Lipinski definition) is 3. The van der Waals surface area contributed by atoms with Gasteiger partial charge >= 0.3 is 0 Å². The van der Waals surface area contributed by atoms with E-state index in [1.165, 1.54) is 0 Å². The van der Waals surface area contributed by atoms with E-state index in [4.69, 9.17) is 14.1 Å². The molecule has 0 saturated carbocycles. The summed E-state index contributed by atoms with van der Waals surface area (Å²) in [6.07, 6.45) is 3.67. The number of nitrogens with one attached hydrogen (secondary N) is 2. The predicted octanol–water partition coefficient (Wildman–Crippen LogP) is 3.83. The van der Waals surface area contributed by atoms with Crippen LogP contribution in [0.3, 0.4) is 0 Å². The van der Waals surface area contributed by atoms with Gasteiger partial charge in [-0.1, -0.05) is 27.7 Å². The van der Waals surface area contributed by atoms with Gasteiger partial charge in [0.2, 0.25) is 0 Å². The first-order valence-electron chi connectivity index (χ1n) is 8.46. The van der Waals surface area contributed by atoms with Crippen LogP contribution in [0.25, 0.3) is 0 Å². The van der Waals surface area contributed by atoms with Gasteiger partial charge in [0.25, 0.3) is 0 Å². The molecule has 140 valence electrons. The van der Waals surface area contributed by atoms with Crippen molar-refractivity contribution in [3.8, 4) is 0 Å². The summed E-state index contributed by atoms with van der Waals surface area (Å²) in [6, 6.07) is 4.27. The van der Waals surface area contributed by atoms with Crippen LogP contribution in [0.15, 0.2) is 27.8 Å². The summed E-state index contributed by atoms with van der Waals surface area (Å²) in [4.78, 5) is 4.71. The number of hydrogen-bond donors (Lipinski definition) is 2. The monoisotopic (exact) mass is 451 g/mol. The van der Waals surface area contributed by atoms with Crippen molar-refractivity contribution in [2.24, 2.45) is 10.4 Å². The molecule has 0 spiro atoms. The Bertz CT molecular complexity index is 455. The fourth-order valence-corrected chi connectivity index (χ4v) is 2.12. The maximum absolute atomic E-state index is 5.58. The van der Waals surface area contributed by atoms with Crippen molar-refractivity contribution in [3.05, 3.63) is 24.2 Å². The number of nitrogens with zero attached hydrogens (tertiary/aromatic N) is 1. The van der Waals surface area contributed by atoms with Crippen molar-refractivity contribution < 1.29 is 9.15 Å². The summed E-state index contributed by atoms with van der Waals surface area (Å²) in [7, 11) is 1.75. The molecular weight excluding hydrogens is 417 g/mol. The van der Waals surface area contributed by atoms with Gasteiger partial charge in [0.05, 0.1) is 18.9 Å². The summed E-state index contributed by atoms with van der Waals surface area (Å²) in [5.41, 5.74) is 0.0634. The van der Waals surface area contributed by atoms with Crippen molar-refractivity contribution in [2.45, 2.75) is 59.6 Å². The van der Waals surface area contributed by atoms with Crippen molar-refractivity contribution in [2.75, 3.05) is 20.2 Å². The quantitative estimate of drug-likeness (QED) is 0.358. The van der Waals surface area contributed by atoms with Crippen LogP contribution < -0.4 is 10.6 Å². The van der Waals surface area contributed by atoms with Gasteiger partial charge in [-0.2, -0.15) is 0 Å². The SMILES string of the molecule is CCC(C)NC(=NCC(OC)C(C)(C)C)NCCc1ccco1.I. The average Bonchev–Trinajstić information content (AvgIpc) is 2.99. The lowest BCUT2D eigenvalue weighted by molar-refractivity contribution is 0.0241. The van der Waals surface area contributed by atoms with E-state index < -0.39 is 0 Å².